The highest BCUT2D eigenvalue weighted by Gasteiger charge is 2.30. The van der Waals surface area contributed by atoms with Crippen LogP contribution in [0.2, 0.25) is 0 Å². The molecule has 0 saturated heterocycles. The average Bonchev–Trinajstić information content (AvgIpc) is 3.27. The lowest BCUT2D eigenvalue weighted by Gasteiger charge is -2.27. The summed E-state index contributed by atoms with van der Waals surface area (Å²) in [6.45, 7) is 3.68. The second-order valence-electron chi connectivity index (χ2n) is 8.37. The number of nitrogens with zero attached hydrogens (tertiary/aromatic N) is 1. The number of carbonyl (C=O) groups is 1. The maximum atomic E-state index is 12.5. The number of aromatic nitrogens is 1. The van der Waals surface area contributed by atoms with E-state index in [0.29, 0.717) is 42.2 Å². The lowest BCUT2D eigenvalue weighted by Crippen LogP contribution is -2.31. The Morgan fingerprint density at radius 2 is 2.06 bits per heavy atom. The van der Waals surface area contributed by atoms with Crippen LogP contribution < -0.4 is 4.74 Å². The molecule has 2 aromatic rings. The normalized spacial score (nSPS) is 19.6. The molecule has 5 atom stereocenters. The lowest BCUT2D eigenvalue weighted by molar-refractivity contribution is 0.00938. The van der Waals surface area contributed by atoms with E-state index < -0.39 is 12.2 Å². The van der Waals surface area contributed by atoms with E-state index in [2.05, 4.69) is 4.98 Å². The molecule has 8 heteroatoms. The van der Waals surface area contributed by atoms with E-state index in [1.807, 2.05) is 25.1 Å². The van der Waals surface area contributed by atoms with Crippen LogP contribution in [-0.4, -0.2) is 59.8 Å². The lowest BCUT2D eigenvalue weighted by atomic mass is 9.94. The largest absolute Gasteiger partial charge is 0.496 e. The summed E-state index contributed by atoms with van der Waals surface area (Å²) in [6.07, 6.45) is 5.08. The molecule has 2 N–H and O–H groups in total. The van der Waals surface area contributed by atoms with Gasteiger partial charge in [0.2, 0.25) is 0 Å². The molecule has 0 radical (unpaired) electrons. The van der Waals surface area contributed by atoms with Gasteiger partial charge in [0, 0.05) is 25.9 Å². The van der Waals surface area contributed by atoms with E-state index >= 15 is 0 Å². The summed E-state index contributed by atoms with van der Waals surface area (Å²) in [5.41, 5.74) is 1.98. The summed E-state index contributed by atoms with van der Waals surface area (Å²) in [5.74, 6) is 0.254. The molecule has 0 fully saturated rings. The van der Waals surface area contributed by atoms with Gasteiger partial charge in [-0.3, -0.25) is 0 Å². The van der Waals surface area contributed by atoms with Crippen LogP contribution in [0, 0.1) is 5.92 Å². The van der Waals surface area contributed by atoms with Crippen molar-refractivity contribution in [2.24, 2.45) is 5.92 Å². The van der Waals surface area contributed by atoms with E-state index in [4.69, 9.17) is 18.6 Å². The summed E-state index contributed by atoms with van der Waals surface area (Å²) in [7, 11) is 3.13. The maximum absolute atomic E-state index is 12.5. The molecular weight excluding hydrogens is 426 g/mol. The highest BCUT2D eigenvalue weighted by molar-refractivity contribution is 5.95. The number of carbonyl (C=O) groups excluding carboxylic acids is 1. The van der Waals surface area contributed by atoms with Gasteiger partial charge in [0.05, 0.1) is 31.8 Å². The standard InChI is InChI=1S/C25H33NO7/c1-5-20(27)15(2)21(28)13-23-26-17(14-32-23)9-10-18(30-3)12-19-11-16-7-6-8-22(31-4)24(16)25(29)33-19/h6-10,14-15,18-21,27-28H,5,11-13H2,1-4H3/b10-9+/t15-,18+,19+,20-,21+/m1/s1. The van der Waals surface area contributed by atoms with Gasteiger partial charge in [-0.2, -0.15) is 0 Å². The predicted molar refractivity (Wildman–Crippen MR) is 122 cm³/mol. The van der Waals surface area contributed by atoms with Crippen LogP contribution in [0.5, 0.6) is 5.75 Å². The zero-order chi connectivity index (χ0) is 24.0. The van der Waals surface area contributed by atoms with Gasteiger partial charge in [-0.1, -0.05) is 32.1 Å². The number of hydrogen-bond acceptors (Lipinski definition) is 8. The van der Waals surface area contributed by atoms with Gasteiger partial charge in [0.15, 0.2) is 5.89 Å². The van der Waals surface area contributed by atoms with Gasteiger partial charge in [0.1, 0.15) is 29.4 Å². The molecule has 8 nitrogen and oxygen atoms in total. The molecule has 0 spiro atoms. The molecule has 180 valence electrons. The van der Waals surface area contributed by atoms with Crippen LogP contribution in [0.25, 0.3) is 6.08 Å². The Hall–Kier alpha value is -2.68. The third-order valence-corrected chi connectivity index (χ3v) is 6.12. The summed E-state index contributed by atoms with van der Waals surface area (Å²) in [6, 6.07) is 5.53. The molecule has 2 heterocycles. The fourth-order valence-electron chi connectivity index (χ4n) is 3.98. The van der Waals surface area contributed by atoms with E-state index in [-0.39, 0.29) is 30.5 Å². The Bertz CT molecular complexity index is 954. The topological polar surface area (TPSA) is 111 Å². The molecule has 1 aliphatic rings. The molecule has 0 aliphatic carbocycles. The zero-order valence-corrected chi connectivity index (χ0v) is 19.6. The first-order valence-electron chi connectivity index (χ1n) is 11.2. The minimum atomic E-state index is -0.746. The number of oxazole rings is 1. The molecule has 0 amide bonds. The molecule has 1 aromatic heterocycles. The van der Waals surface area contributed by atoms with E-state index in [1.54, 1.807) is 26.2 Å². The zero-order valence-electron chi connectivity index (χ0n) is 19.6. The van der Waals surface area contributed by atoms with Crippen LogP contribution in [0.3, 0.4) is 0 Å². The van der Waals surface area contributed by atoms with Gasteiger partial charge in [-0.15, -0.1) is 0 Å². The molecule has 1 aromatic carbocycles. The second kappa shape index (κ2) is 11.4. The highest BCUT2D eigenvalue weighted by atomic mass is 16.5. The van der Waals surface area contributed by atoms with Crippen molar-refractivity contribution in [1.82, 2.24) is 4.98 Å². The second-order valence-corrected chi connectivity index (χ2v) is 8.37. The first-order chi connectivity index (χ1) is 15.9. The number of methoxy groups -OCH3 is 2. The number of rotatable bonds is 11. The number of esters is 1. The Kier molecular flexibility index (Phi) is 8.66. The average molecular weight is 460 g/mol. The number of aliphatic hydroxyl groups is 2. The number of benzene rings is 1. The molecule has 0 unspecified atom stereocenters. The molecule has 0 saturated carbocycles. The number of fused-ring (bicyclic) bond motifs is 1. The SMILES string of the molecule is CC[C@@H](O)[C@@H](C)[C@@H](O)Cc1nc(/C=C/[C@@H](C[C@@H]2Cc3cccc(OC)c3C(=O)O2)OC)co1. The number of cyclic esters (lactones) is 1. The van der Waals surface area contributed by atoms with E-state index in [0.717, 1.165) is 5.56 Å². The minimum Gasteiger partial charge on any atom is -0.496 e. The summed E-state index contributed by atoms with van der Waals surface area (Å²) >= 11 is 0. The summed E-state index contributed by atoms with van der Waals surface area (Å²) in [5, 5.41) is 20.2. The third-order valence-electron chi connectivity index (χ3n) is 6.12. The molecule has 1 aliphatic heterocycles. The fourth-order valence-corrected chi connectivity index (χ4v) is 3.98. The van der Waals surface area contributed by atoms with Crippen molar-refractivity contribution < 1.29 is 33.6 Å². The smallest absolute Gasteiger partial charge is 0.342 e. The monoisotopic (exact) mass is 459 g/mol. The Morgan fingerprint density at radius 1 is 1.27 bits per heavy atom. The Morgan fingerprint density at radius 3 is 2.76 bits per heavy atom. The van der Waals surface area contributed by atoms with Crippen molar-refractivity contribution in [1.29, 1.82) is 0 Å². The number of aliphatic hydroxyl groups excluding tert-OH is 2. The van der Waals surface area contributed by atoms with E-state index in [1.165, 1.54) is 13.4 Å². The van der Waals surface area contributed by atoms with Crippen molar-refractivity contribution in [3.8, 4) is 5.75 Å². The predicted octanol–water partition coefficient (Wildman–Crippen LogP) is 3.19. The summed E-state index contributed by atoms with van der Waals surface area (Å²) in [4.78, 5) is 16.9. The highest BCUT2D eigenvalue weighted by Crippen LogP contribution is 2.30. The van der Waals surface area contributed by atoms with Crippen LogP contribution in [0.15, 0.2) is 35.0 Å². The van der Waals surface area contributed by atoms with E-state index in [9.17, 15) is 15.0 Å². The summed E-state index contributed by atoms with van der Waals surface area (Å²) < 4.78 is 21.9. The quantitative estimate of drug-likeness (QED) is 0.493. The van der Waals surface area contributed by atoms with Crippen molar-refractivity contribution in [3.05, 3.63) is 53.2 Å². The molecule has 33 heavy (non-hydrogen) atoms. The van der Waals surface area contributed by atoms with Crippen LogP contribution in [-0.2, 0) is 22.3 Å². The van der Waals surface area contributed by atoms with Crippen molar-refractivity contribution >= 4 is 12.0 Å². The first-order valence-corrected chi connectivity index (χ1v) is 11.2. The van der Waals surface area contributed by atoms with Crippen LogP contribution in [0.4, 0.5) is 0 Å². The number of ether oxygens (including phenoxy) is 3. The molecule has 0 bridgehead atoms. The van der Waals surface area contributed by atoms with Crippen LogP contribution in [0.1, 0.15) is 54.2 Å². The maximum Gasteiger partial charge on any atom is 0.342 e. The third kappa shape index (κ3) is 6.22. The van der Waals surface area contributed by atoms with Gasteiger partial charge >= 0.3 is 5.97 Å². The van der Waals surface area contributed by atoms with Gasteiger partial charge in [-0.25, -0.2) is 9.78 Å². The fraction of sp³-hybridized carbons (Fsp3) is 0.520. The van der Waals surface area contributed by atoms with Gasteiger partial charge in [-0.05, 0) is 24.1 Å². The Labute approximate surface area is 194 Å². The van der Waals surface area contributed by atoms with Crippen LogP contribution >= 0.6 is 0 Å². The number of hydrogen-bond donors (Lipinski definition) is 2. The van der Waals surface area contributed by atoms with Gasteiger partial charge < -0.3 is 28.8 Å². The van der Waals surface area contributed by atoms with Crippen molar-refractivity contribution in [2.75, 3.05) is 14.2 Å². The van der Waals surface area contributed by atoms with Crippen molar-refractivity contribution in [3.63, 3.8) is 0 Å². The van der Waals surface area contributed by atoms with Gasteiger partial charge in [0.25, 0.3) is 0 Å². The Balaban J connectivity index is 1.59. The molecule has 3 rings (SSSR count). The van der Waals surface area contributed by atoms with Crippen molar-refractivity contribution in [2.45, 2.75) is 63.9 Å². The molecular formula is C25H33NO7. The minimum absolute atomic E-state index is 0.223. The first kappa shape index (κ1) is 25.0.